The summed E-state index contributed by atoms with van der Waals surface area (Å²) in [4.78, 5) is 15.4. The molecule has 0 N–H and O–H groups in total. The molecular formula is C23H27NO3. The molecule has 0 saturated heterocycles. The number of rotatable bonds is 5. The number of hydrogen-bond donors (Lipinski definition) is 0. The third-order valence-corrected chi connectivity index (χ3v) is 5.73. The first-order chi connectivity index (χ1) is 13.2. The van der Waals surface area contributed by atoms with E-state index < -0.39 is 0 Å². The Morgan fingerprint density at radius 2 is 1.81 bits per heavy atom. The van der Waals surface area contributed by atoms with E-state index in [0.717, 1.165) is 29.9 Å². The van der Waals surface area contributed by atoms with Crippen LogP contribution in [-0.4, -0.2) is 23.6 Å². The molecule has 0 atom stereocenters. The normalized spacial score (nSPS) is 16.3. The minimum atomic E-state index is 0.198. The van der Waals surface area contributed by atoms with Gasteiger partial charge in [-0.05, 0) is 48.6 Å². The van der Waals surface area contributed by atoms with Crippen molar-refractivity contribution in [2.75, 3.05) is 6.79 Å². The van der Waals surface area contributed by atoms with Crippen molar-refractivity contribution in [1.82, 2.24) is 4.90 Å². The van der Waals surface area contributed by atoms with Crippen LogP contribution in [0.2, 0.25) is 0 Å². The fourth-order valence-corrected chi connectivity index (χ4v) is 4.11. The first-order valence-corrected chi connectivity index (χ1v) is 9.93. The van der Waals surface area contributed by atoms with Gasteiger partial charge in [-0.25, -0.2) is 0 Å². The van der Waals surface area contributed by atoms with Crippen LogP contribution in [0.4, 0.5) is 0 Å². The highest BCUT2D eigenvalue weighted by Crippen LogP contribution is 2.33. The maximum atomic E-state index is 13.3. The van der Waals surface area contributed by atoms with Crippen LogP contribution >= 0.6 is 0 Å². The van der Waals surface area contributed by atoms with E-state index in [1.807, 2.05) is 18.2 Å². The Hall–Kier alpha value is -2.49. The molecule has 0 unspecified atom stereocenters. The van der Waals surface area contributed by atoms with E-state index in [1.165, 1.54) is 30.4 Å². The van der Waals surface area contributed by atoms with Crippen LogP contribution in [0.15, 0.2) is 42.5 Å². The topological polar surface area (TPSA) is 38.8 Å². The minimum absolute atomic E-state index is 0.198. The van der Waals surface area contributed by atoms with Gasteiger partial charge in [0, 0.05) is 12.6 Å². The summed E-state index contributed by atoms with van der Waals surface area (Å²) >= 11 is 0. The molecule has 1 aliphatic heterocycles. The molecule has 1 aliphatic carbocycles. The van der Waals surface area contributed by atoms with Gasteiger partial charge in [0.25, 0.3) is 0 Å². The van der Waals surface area contributed by atoms with Crippen molar-refractivity contribution in [3.63, 3.8) is 0 Å². The molecule has 2 aliphatic rings. The highest BCUT2D eigenvalue weighted by atomic mass is 16.7. The third kappa shape index (κ3) is 4.10. The summed E-state index contributed by atoms with van der Waals surface area (Å²) in [5.74, 6) is 1.70. The Bertz CT molecular complexity index is 811. The van der Waals surface area contributed by atoms with Gasteiger partial charge in [0.1, 0.15) is 0 Å². The molecule has 2 aromatic carbocycles. The second kappa shape index (κ2) is 8.03. The van der Waals surface area contributed by atoms with Crippen LogP contribution in [0.1, 0.15) is 48.8 Å². The maximum Gasteiger partial charge on any atom is 0.231 e. The molecule has 142 valence electrons. The van der Waals surface area contributed by atoms with Crippen LogP contribution in [0.5, 0.6) is 11.5 Å². The van der Waals surface area contributed by atoms with E-state index in [0.29, 0.717) is 19.0 Å². The molecule has 2 aromatic rings. The molecule has 4 heteroatoms. The van der Waals surface area contributed by atoms with Gasteiger partial charge in [-0.3, -0.25) is 4.79 Å². The van der Waals surface area contributed by atoms with Gasteiger partial charge in [0.05, 0.1) is 6.42 Å². The molecule has 0 spiro atoms. The van der Waals surface area contributed by atoms with Crippen molar-refractivity contribution >= 4 is 5.91 Å². The van der Waals surface area contributed by atoms with Crippen molar-refractivity contribution in [2.45, 2.75) is 58.0 Å². The van der Waals surface area contributed by atoms with Crippen LogP contribution in [0.3, 0.4) is 0 Å². The zero-order chi connectivity index (χ0) is 18.6. The number of aryl methyl sites for hydroxylation is 1. The lowest BCUT2D eigenvalue weighted by Gasteiger charge is -2.35. The van der Waals surface area contributed by atoms with Gasteiger partial charge in [-0.2, -0.15) is 0 Å². The predicted molar refractivity (Wildman–Crippen MR) is 105 cm³/mol. The SMILES string of the molecule is Cc1ccccc1CN(C(=O)Cc1ccc2c(c1)OCO2)C1CCCCC1. The molecule has 0 radical (unpaired) electrons. The van der Waals surface area contributed by atoms with Gasteiger partial charge >= 0.3 is 0 Å². The summed E-state index contributed by atoms with van der Waals surface area (Å²) in [6.45, 7) is 3.08. The Kier molecular flexibility index (Phi) is 5.33. The average molecular weight is 365 g/mol. The Balaban J connectivity index is 1.53. The smallest absolute Gasteiger partial charge is 0.231 e. The first kappa shape index (κ1) is 17.9. The van der Waals surface area contributed by atoms with Gasteiger partial charge < -0.3 is 14.4 Å². The van der Waals surface area contributed by atoms with Crippen molar-refractivity contribution in [1.29, 1.82) is 0 Å². The van der Waals surface area contributed by atoms with Crippen LogP contribution in [0, 0.1) is 6.92 Å². The summed E-state index contributed by atoms with van der Waals surface area (Å²) in [5.41, 5.74) is 3.46. The lowest BCUT2D eigenvalue weighted by atomic mass is 9.93. The van der Waals surface area contributed by atoms with E-state index in [9.17, 15) is 4.79 Å². The summed E-state index contributed by atoms with van der Waals surface area (Å²) in [7, 11) is 0. The Labute approximate surface area is 161 Å². The highest BCUT2D eigenvalue weighted by molar-refractivity contribution is 5.79. The zero-order valence-electron chi connectivity index (χ0n) is 15.9. The number of fused-ring (bicyclic) bond motifs is 1. The Morgan fingerprint density at radius 1 is 1.04 bits per heavy atom. The molecule has 1 saturated carbocycles. The highest BCUT2D eigenvalue weighted by Gasteiger charge is 2.26. The molecule has 0 bridgehead atoms. The number of nitrogens with zero attached hydrogens (tertiary/aromatic N) is 1. The minimum Gasteiger partial charge on any atom is -0.454 e. The zero-order valence-corrected chi connectivity index (χ0v) is 15.9. The summed E-state index contributed by atoms with van der Waals surface area (Å²) in [5, 5.41) is 0. The largest absolute Gasteiger partial charge is 0.454 e. The van der Waals surface area contributed by atoms with E-state index >= 15 is 0 Å². The number of amides is 1. The van der Waals surface area contributed by atoms with E-state index in [1.54, 1.807) is 0 Å². The lowest BCUT2D eigenvalue weighted by molar-refractivity contribution is -0.134. The van der Waals surface area contributed by atoms with Crippen molar-refractivity contribution in [3.05, 3.63) is 59.2 Å². The molecule has 0 aromatic heterocycles. The summed E-state index contributed by atoms with van der Waals surface area (Å²) in [6, 6.07) is 14.5. The fraction of sp³-hybridized carbons (Fsp3) is 0.435. The monoisotopic (exact) mass is 365 g/mol. The molecular weight excluding hydrogens is 338 g/mol. The van der Waals surface area contributed by atoms with Crippen molar-refractivity contribution in [3.8, 4) is 11.5 Å². The van der Waals surface area contributed by atoms with Crippen molar-refractivity contribution < 1.29 is 14.3 Å². The number of carbonyl (C=O) groups is 1. The first-order valence-electron chi connectivity index (χ1n) is 9.93. The van der Waals surface area contributed by atoms with Crippen LogP contribution in [-0.2, 0) is 17.8 Å². The van der Waals surface area contributed by atoms with Gasteiger partial charge in [0.15, 0.2) is 11.5 Å². The summed E-state index contributed by atoms with van der Waals surface area (Å²) < 4.78 is 10.8. The van der Waals surface area contributed by atoms with E-state index in [4.69, 9.17) is 9.47 Å². The van der Waals surface area contributed by atoms with Gasteiger partial charge in [-0.1, -0.05) is 49.6 Å². The molecule has 4 rings (SSSR count). The molecule has 1 amide bonds. The molecule has 1 fully saturated rings. The molecule has 1 heterocycles. The Morgan fingerprint density at radius 3 is 2.63 bits per heavy atom. The standard InChI is InChI=1S/C23H27NO3/c1-17-7-5-6-8-19(17)15-24(20-9-3-2-4-10-20)23(25)14-18-11-12-21-22(13-18)27-16-26-21/h5-8,11-13,20H,2-4,9-10,14-16H2,1H3. The van der Waals surface area contributed by atoms with Crippen LogP contribution < -0.4 is 9.47 Å². The van der Waals surface area contributed by atoms with Crippen molar-refractivity contribution in [2.24, 2.45) is 0 Å². The maximum absolute atomic E-state index is 13.3. The number of hydrogen-bond acceptors (Lipinski definition) is 3. The summed E-state index contributed by atoms with van der Waals surface area (Å²) in [6.07, 6.45) is 6.33. The third-order valence-electron chi connectivity index (χ3n) is 5.73. The molecule has 4 nitrogen and oxygen atoms in total. The second-order valence-corrected chi connectivity index (χ2v) is 7.60. The number of carbonyl (C=O) groups excluding carboxylic acids is 1. The average Bonchev–Trinajstić information content (AvgIpc) is 3.16. The lowest BCUT2D eigenvalue weighted by Crippen LogP contribution is -2.41. The molecule has 27 heavy (non-hydrogen) atoms. The number of benzene rings is 2. The fourth-order valence-electron chi connectivity index (χ4n) is 4.11. The van der Waals surface area contributed by atoms with Gasteiger partial charge in [0.2, 0.25) is 12.7 Å². The van der Waals surface area contributed by atoms with E-state index in [-0.39, 0.29) is 12.7 Å². The quantitative estimate of drug-likeness (QED) is 0.775. The van der Waals surface area contributed by atoms with Crippen LogP contribution in [0.25, 0.3) is 0 Å². The predicted octanol–water partition coefficient (Wildman–Crippen LogP) is 4.63. The van der Waals surface area contributed by atoms with E-state index in [2.05, 4.69) is 36.1 Å². The van der Waals surface area contributed by atoms with Gasteiger partial charge in [-0.15, -0.1) is 0 Å². The number of ether oxygens (including phenoxy) is 2. The second-order valence-electron chi connectivity index (χ2n) is 7.60.